The van der Waals surface area contributed by atoms with E-state index in [-0.39, 0.29) is 0 Å². The summed E-state index contributed by atoms with van der Waals surface area (Å²) in [5.74, 6) is 1.91. The zero-order valence-electron chi connectivity index (χ0n) is 27.8. The van der Waals surface area contributed by atoms with Gasteiger partial charge in [-0.15, -0.1) is 22.7 Å². The van der Waals surface area contributed by atoms with Gasteiger partial charge < -0.3 is 0 Å². The molecular formula is C46H28N4S2. The molecule has 3 aromatic heterocycles. The third kappa shape index (κ3) is 5.46. The average molecular weight is 701 g/mol. The molecule has 0 radical (unpaired) electrons. The van der Waals surface area contributed by atoms with Crippen LogP contribution in [0.2, 0.25) is 0 Å². The van der Waals surface area contributed by atoms with Gasteiger partial charge in [0.25, 0.3) is 0 Å². The molecule has 244 valence electrons. The number of nitrogens with zero attached hydrogens (tertiary/aromatic N) is 4. The van der Waals surface area contributed by atoms with Crippen LogP contribution >= 0.6 is 22.7 Å². The summed E-state index contributed by atoms with van der Waals surface area (Å²) in [7, 11) is 0. The second-order valence-electron chi connectivity index (χ2n) is 12.6. The Hall–Kier alpha value is -6.34. The number of thiazole rings is 1. The first kappa shape index (κ1) is 30.5. The van der Waals surface area contributed by atoms with Crippen LogP contribution in [0.1, 0.15) is 0 Å². The number of para-hydroxylation sites is 1. The Morgan fingerprint density at radius 1 is 0.288 bits per heavy atom. The molecule has 0 unspecified atom stereocenters. The molecule has 0 saturated carbocycles. The average Bonchev–Trinajstić information content (AvgIpc) is 3.84. The molecule has 0 aliphatic rings. The monoisotopic (exact) mass is 700 g/mol. The van der Waals surface area contributed by atoms with Gasteiger partial charge in [-0.25, -0.2) is 19.9 Å². The van der Waals surface area contributed by atoms with E-state index in [1.165, 1.54) is 30.6 Å². The molecule has 0 saturated heterocycles. The lowest BCUT2D eigenvalue weighted by molar-refractivity contribution is 1.08. The Balaban J connectivity index is 1.16. The van der Waals surface area contributed by atoms with Gasteiger partial charge in [0.15, 0.2) is 17.5 Å². The zero-order chi connectivity index (χ0) is 34.4. The summed E-state index contributed by atoms with van der Waals surface area (Å²) in [4.78, 5) is 20.6. The van der Waals surface area contributed by atoms with Crippen molar-refractivity contribution in [3.05, 3.63) is 170 Å². The molecule has 0 amide bonds. The van der Waals surface area contributed by atoms with Gasteiger partial charge in [-0.2, -0.15) is 0 Å². The van der Waals surface area contributed by atoms with Gasteiger partial charge in [-0.1, -0.05) is 146 Å². The summed E-state index contributed by atoms with van der Waals surface area (Å²) in [5.41, 5.74) is 9.62. The molecule has 7 aromatic carbocycles. The summed E-state index contributed by atoms with van der Waals surface area (Å²) < 4.78 is 3.57. The van der Waals surface area contributed by atoms with E-state index in [9.17, 15) is 0 Å². The van der Waals surface area contributed by atoms with E-state index in [2.05, 4.69) is 152 Å². The second-order valence-corrected chi connectivity index (χ2v) is 14.8. The highest BCUT2D eigenvalue weighted by Gasteiger charge is 2.20. The van der Waals surface area contributed by atoms with Gasteiger partial charge in [0.1, 0.15) is 5.01 Å². The van der Waals surface area contributed by atoms with E-state index in [4.69, 9.17) is 19.9 Å². The topological polar surface area (TPSA) is 51.6 Å². The minimum absolute atomic E-state index is 0.634. The lowest BCUT2D eigenvalue weighted by atomic mass is 10.0. The predicted octanol–water partition coefficient (Wildman–Crippen LogP) is 12.9. The number of hydrogen-bond acceptors (Lipinski definition) is 6. The van der Waals surface area contributed by atoms with Crippen LogP contribution in [-0.2, 0) is 0 Å². The molecule has 52 heavy (non-hydrogen) atoms. The van der Waals surface area contributed by atoms with Gasteiger partial charge >= 0.3 is 0 Å². The maximum Gasteiger partial charge on any atom is 0.164 e. The Morgan fingerprint density at radius 2 is 0.731 bits per heavy atom. The maximum absolute atomic E-state index is 5.21. The molecule has 6 heteroatoms. The lowest BCUT2D eigenvalue weighted by Gasteiger charge is -2.11. The van der Waals surface area contributed by atoms with Crippen molar-refractivity contribution in [2.24, 2.45) is 0 Å². The molecule has 3 heterocycles. The van der Waals surface area contributed by atoms with E-state index in [0.29, 0.717) is 17.5 Å². The fraction of sp³-hybridized carbons (Fsp3) is 0. The molecule has 0 aliphatic carbocycles. The van der Waals surface area contributed by atoms with E-state index >= 15 is 0 Å². The molecule has 10 rings (SSSR count). The van der Waals surface area contributed by atoms with Crippen LogP contribution in [0.4, 0.5) is 0 Å². The Bertz CT molecular complexity index is 2740. The molecule has 0 fully saturated rings. The second kappa shape index (κ2) is 12.8. The van der Waals surface area contributed by atoms with Crippen molar-refractivity contribution in [3.63, 3.8) is 0 Å². The largest absolute Gasteiger partial charge is 0.236 e. The first-order chi connectivity index (χ1) is 25.7. The Morgan fingerprint density at radius 3 is 1.31 bits per heavy atom. The normalized spacial score (nSPS) is 11.5. The third-order valence-electron chi connectivity index (χ3n) is 9.42. The molecule has 0 spiro atoms. The molecule has 10 aromatic rings. The SMILES string of the molecule is c1ccc(-c2ccc(-c3nc(-c4ccc(-c5ccccc5)cc4)nc(-c4cccc5sc6cccc(-c7nc8ccccc8s7)c6c45)n3)cc2)cc1. The number of fused-ring (bicyclic) bond motifs is 4. The lowest BCUT2D eigenvalue weighted by Crippen LogP contribution is -2.00. The van der Waals surface area contributed by atoms with Crippen LogP contribution in [0.25, 0.3) is 97.4 Å². The summed E-state index contributed by atoms with van der Waals surface area (Å²) in [6.45, 7) is 0. The maximum atomic E-state index is 5.21. The van der Waals surface area contributed by atoms with Crippen molar-refractivity contribution >= 4 is 53.1 Å². The number of rotatable bonds is 6. The van der Waals surface area contributed by atoms with E-state index < -0.39 is 0 Å². The molecule has 4 nitrogen and oxygen atoms in total. The molecular weight excluding hydrogens is 673 g/mol. The summed E-state index contributed by atoms with van der Waals surface area (Å²) in [5, 5.41) is 3.33. The van der Waals surface area contributed by atoms with Crippen LogP contribution in [0, 0.1) is 0 Å². The number of thiophene rings is 1. The minimum atomic E-state index is 0.634. The van der Waals surface area contributed by atoms with Gasteiger partial charge in [-0.3, -0.25) is 0 Å². The number of aromatic nitrogens is 4. The first-order valence-electron chi connectivity index (χ1n) is 17.1. The molecule has 0 atom stereocenters. The fourth-order valence-corrected chi connectivity index (χ4v) is 9.01. The Labute approximate surface area is 308 Å². The van der Waals surface area contributed by atoms with Crippen LogP contribution in [0.15, 0.2) is 170 Å². The van der Waals surface area contributed by atoms with Crippen LogP contribution < -0.4 is 0 Å². The first-order valence-corrected chi connectivity index (χ1v) is 18.8. The van der Waals surface area contributed by atoms with Crippen LogP contribution in [0.5, 0.6) is 0 Å². The van der Waals surface area contributed by atoms with Crippen molar-refractivity contribution in [3.8, 4) is 67.0 Å². The molecule has 0 aliphatic heterocycles. The van der Waals surface area contributed by atoms with E-state index in [0.717, 1.165) is 49.3 Å². The summed E-state index contributed by atoms with van der Waals surface area (Å²) in [6.07, 6.45) is 0. The van der Waals surface area contributed by atoms with Crippen molar-refractivity contribution in [2.45, 2.75) is 0 Å². The summed E-state index contributed by atoms with van der Waals surface area (Å²) in [6, 6.07) is 59.1. The zero-order valence-corrected chi connectivity index (χ0v) is 29.4. The highest BCUT2D eigenvalue weighted by molar-refractivity contribution is 7.26. The van der Waals surface area contributed by atoms with Crippen molar-refractivity contribution in [2.75, 3.05) is 0 Å². The Kier molecular flexibility index (Phi) is 7.48. The number of hydrogen-bond donors (Lipinski definition) is 0. The number of benzene rings is 7. The van der Waals surface area contributed by atoms with Crippen molar-refractivity contribution in [1.29, 1.82) is 0 Å². The predicted molar refractivity (Wildman–Crippen MR) is 219 cm³/mol. The van der Waals surface area contributed by atoms with E-state index in [1.807, 2.05) is 18.2 Å². The van der Waals surface area contributed by atoms with Crippen LogP contribution in [-0.4, -0.2) is 19.9 Å². The standard InChI is InChI=1S/C46H28N4S2/c1-3-11-29(12-4-1)31-21-25-33(26-22-31)43-48-44(34-27-23-32(24-28-34)30-13-5-2-6-14-30)50-45(49-43)35-15-9-19-39-41(35)42-36(16-10-20-40(42)51-39)46-47-37-17-7-8-18-38(37)52-46/h1-28H. The van der Waals surface area contributed by atoms with Gasteiger partial charge in [0.05, 0.1) is 10.2 Å². The molecule has 0 bridgehead atoms. The quantitative estimate of drug-likeness (QED) is 0.173. The highest BCUT2D eigenvalue weighted by atomic mass is 32.1. The van der Waals surface area contributed by atoms with Gasteiger partial charge in [-0.05, 0) is 46.5 Å². The van der Waals surface area contributed by atoms with Crippen molar-refractivity contribution < 1.29 is 0 Å². The van der Waals surface area contributed by atoms with E-state index in [1.54, 1.807) is 22.7 Å². The van der Waals surface area contributed by atoms with Crippen molar-refractivity contribution in [1.82, 2.24) is 19.9 Å². The van der Waals surface area contributed by atoms with Gasteiger partial charge in [0.2, 0.25) is 0 Å². The fourth-order valence-electron chi connectivity index (χ4n) is 6.86. The van der Waals surface area contributed by atoms with Gasteiger partial charge in [0, 0.05) is 42.4 Å². The third-order valence-corrected chi connectivity index (χ3v) is 11.6. The molecule has 0 N–H and O–H groups in total. The van der Waals surface area contributed by atoms with Crippen LogP contribution in [0.3, 0.4) is 0 Å². The minimum Gasteiger partial charge on any atom is -0.236 e. The summed E-state index contributed by atoms with van der Waals surface area (Å²) >= 11 is 3.52. The smallest absolute Gasteiger partial charge is 0.164 e. The highest BCUT2D eigenvalue weighted by Crippen LogP contribution is 2.45.